The average Bonchev–Trinajstić information content (AvgIpc) is 3.02. The Bertz CT molecular complexity index is 1230. The number of anilines is 1. The number of hydrogen-bond donors (Lipinski definition) is 1. The summed E-state index contributed by atoms with van der Waals surface area (Å²) in [6, 6.07) is 9.39. The number of amides is 1. The Morgan fingerprint density at radius 2 is 2.07 bits per heavy atom. The minimum absolute atomic E-state index is 0.233. The Labute approximate surface area is 183 Å². The van der Waals surface area contributed by atoms with Gasteiger partial charge in [0.05, 0.1) is 30.3 Å². The van der Waals surface area contributed by atoms with Crippen molar-refractivity contribution in [2.24, 2.45) is 7.05 Å². The summed E-state index contributed by atoms with van der Waals surface area (Å²) in [5.74, 6) is 1.13. The number of methoxy groups -OCH3 is 1. The normalized spacial score (nSPS) is 14.1. The van der Waals surface area contributed by atoms with E-state index in [4.69, 9.17) is 4.74 Å². The highest BCUT2D eigenvalue weighted by Gasteiger charge is 2.22. The maximum absolute atomic E-state index is 13.0. The van der Waals surface area contributed by atoms with Crippen molar-refractivity contribution in [2.75, 3.05) is 26.0 Å². The van der Waals surface area contributed by atoms with Crippen LogP contribution in [0.4, 0.5) is 5.95 Å². The molecule has 154 valence electrons. The SMILES string of the molecule is COC1=C(c2cc(C(=O)Nc3nc4ccc(Br)cc4n3C)cc(C)n2)C=[N+](C)CC1. The van der Waals surface area contributed by atoms with E-state index in [0.29, 0.717) is 11.5 Å². The number of benzene rings is 1. The number of halogens is 1. The van der Waals surface area contributed by atoms with E-state index < -0.39 is 0 Å². The van der Waals surface area contributed by atoms with Crippen molar-refractivity contribution >= 4 is 50.6 Å². The molecule has 1 aliphatic rings. The number of ether oxygens (including phenoxy) is 1. The molecular formula is C22H23BrN5O2+. The number of aromatic nitrogens is 3. The average molecular weight is 469 g/mol. The second-order valence-corrected chi connectivity index (χ2v) is 8.28. The standard InChI is InChI=1S/C22H22BrN5O2/c1-13-9-14(10-18(24-13)16-12-27(2)8-7-20(16)30-4)21(29)26-22-25-17-6-5-15(23)11-19(17)28(22)3/h5-6,9-12H,7-8H2,1-4H3/p+1. The summed E-state index contributed by atoms with van der Waals surface area (Å²) in [5.41, 5.74) is 4.65. The van der Waals surface area contributed by atoms with Crippen LogP contribution < -0.4 is 5.32 Å². The molecule has 8 heteroatoms. The highest BCUT2D eigenvalue weighted by molar-refractivity contribution is 9.10. The largest absolute Gasteiger partial charge is 0.500 e. The molecule has 1 aromatic carbocycles. The van der Waals surface area contributed by atoms with Gasteiger partial charge in [-0.05, 0) is 37.3 Å². The lowest BCUT2D eigenvalue weighted by Crippen LogP contribution is -2.19. The molecule has 0 saturated carbocycles. The molecule has 0 spiro atoms. The van der Waals surface area contributed by atoms with E-state index >= 15 is 0 Å². The molecule has 7 nitrogen and oxygen atoms in total. The van der Waals surface area contributed by atoms with Gasteiger partial charge in [0.2, 0.25) is 5.95 Å². The van der Waals surface area contributed by atoms with E-state index in [2.05, 4.69) is 35.8 Å². The number of aryl methyl sites for hydroxylation is 2. The van der Waals surface area contributed by atoms with Crippen LogP contribution in [0.1, 0.15) is 28.2 Å². The van der Waals surface area contributed by atoms with Crippen LogP contribution in [-0.2, 0) is 11.8 Å². The minimum atomic E-state index is -0.233. The van der Waals surface area contributed by atoms with Gasteiger partial charge in [-0.25, -0.2) is 9.56 Å². The number of fused-ring (bicyclic) bond motifs is 1. The Balaban J connectivity index is 1.69. The molecule has 0 bridgehead atoms. The lowest BCUT2D eigenvalue weighted by atomic mass is 10.0. The molecular weight excluding hydrogens is 446 g/mol. The number of nitrogens with zero attached hydrogens (tertiary/aromatic N) is 4. The fourth-order valence-electron chi connectivity index (χ4n) is 3.58. The smallest absolute Gasteiger partial charge is 0.258 e. The van der Waals surface area contributed by atoms with Gasteiger partial charge in [0.25, 0.3) is 5.91 Å². The van der Waals surface area contributed by atoms with Crippen LogP contribution in [0.3, 0.4) is 0 Å². The highest BCUT2D eigenvalue weighted by atomic mass is 79.9. The maximum Gasteiger partial charge on any atom is 0.258 e. The lowest BCUT2D eigenvalue weighted by Gasteiger charge is -2.15. The van der Waals surface area contributed by atoms with Crippen LogP contribution in [0.15, 0.2) is 40.6 Å². The zero-order chi connectivity index (χ0) is 21.4. The summed E-state index contributed by atoms with van der Waals surface area (Å²) in [5, 5.41) is 2.93. The molecule has 0 atom stereocenters. The zero-order valence-electron chi connectivity index (χ0n) is 17.4. The van der Waals surface area contributed by atoms with Gasteiger partial charge in [-0.15, -0.1) is 0 Å². The topological polar surface area (TPSA) is 72.0 Å². The Hall–Kier alpha value is -3.00. The van der Waals surface area contributed by atoms with Crippen LogP contribution in [0.25, 0.3) is 16.6 Å². The summed E-state index contributed by atoms with van der Waals surface area (Å²) in [6.07, 6.45) is 2.81. The zero-order valence-corrected chi connectivity index (χ0v) is 18.9. The summed E-state index contributed by atoms with van der Waals surface area (Å²) in [7, 11) is 5.56. The van der Waals surface area contributed by atoms with Gasteiger partial charge in [0.1, 0.15) is 24.9 Å². The lowest BCUT2D eigenvalue weighted by molar-refractivity contribution is -0.492. The van der Waals surface area contributed by atoms with Crippen molar-refractivity contribution in [3.63, 3.8) is 0 Å². The Morgan fingerprint density at radius 3 is 2.83 bits per heavy atom. The molecule has 0 radical (unpaired) electrons. The quantitative estimate of drug-likeness (QED) is 0.591. The van der Waals surface area contributed by atoms with E-state index in [0.717, 1.165) is 51.2 Å². The number of hydrogen-bond acceptors (Lipinski definition) is 4. The molecule has 0 unspecified atom stereocenters. The molecule has 4 rings (SSSR count). The number of nitrogens with one attached hydrogen (secondary N) is 1. The van der Waals surface area contributed by atoms with Crippen molar-refractivity contribution < 1.29 is 14.1 Å². The number of rotatable bonds is 4. The second kappa shape index (κ2) is 8.02. The van der Waals surface area contributed by atoms with Crippen molar-refractivity contribution in [1.29, 1.82) is 0 Å². The molecule has 0 saturated heterocycles. The predicted molar refractivity (Wildman–Crippen MR) is 121 cm³/mol. The first-order chi connectivity index (χ1) is 14.4. The van der Waals surface area contributed by atoms with E-state index in [1.165, 1.54) is 0 Å². The minimum Gasteiger partial charge on any atom is -0.500 e. The first-order valence-corrected chi connectivity index (χ1v) is 10.4. The van der Waals surface area contributed by atoms with Crippen molar-refractivity contribution in [1.82, 2.24) is 14.5 Å². The summed E-state index contributed by atoms with van der Waals surface area (Å²) in [6.45, 7) is 2.76. The van der Waals surface area contributed by atoms with Crippen LogP contribution in [-0.4, -0.2) is 51.9 Å². The van der Waals surface area contributed by atoms with E-state index in [-0.39, 0.29) is 5.91 Å². The summed E-state index contributed by atoms with van der Waals surface area (Å²) in [4.78, 5) is 22.2. The van der Waals surface area contributed by atoms with Crippen LogP contribution in [0.5, 0.6) is 0 Å². The van der Waals surface area contributed by atoms with Crippen molar-refractivity contribution in [3.05, 3.63) is 57.5 Å². The van der Waals surface area contributed by atoms with Gasteiger partial charge in [-0.1, -0.05) is 15.9 Å². The number of carbonyl (C=O) groups excluding carboxylic acids is 1. The molecule has 1 amide bonds. The molecule has 30 heavy (non-hydrogen) atoms. The second-order valence-electron chi connectivity index (χ2n) is 7.36. The van der Waals surface area contributed by atoms with Gasteiger partial charge < -0.3 is 9.30 Å². The molecule has 1 aliphatic heterocycles. The summed E-state index contributed by atoms with van der Waals surface area (Å²) < 4.78 is 10.5. The van der Waals surface area contributed by atoms with Gasteiger partial charge in [-0.2, -0.15) is 0 Å². The Kier molecular flexibility index (Phi) is 5.42. The maximum atomic E-state index is 13.0. The number of allylic oxidation sites excluding steroid dienone is 1. The van der Waals surface area contributed by atoms with E-state index in [9.17, 15) is 4.79 Å². The number of imidazole rings is 1. The van der Waals surface area contributed by atoms with Gasteiger partial charge in [-0.3, -0.25) is 15.1 Å². The number of pyridine rings is 1. The molecule has 0 fully saturated rings. The van der Waals surface area contributed by atoms with Gasteiger partial charge in [0.15, 0.2) is 6.21 Å². The third-order valence-corrected chi connectivity index (χ3v) is 5.64. The highest BCUT2D eigenvalue weighted by Crippen LogP contribution is 2.25. The third-order valence-electron chi connectivity index (χ3n) is 5.15. The molecule has 1 N–H and O–H groups in total. The van der Waals surface area contributed by atoms with Crippen LogP contribution in [0, 0.1) is 6.92 Å². The van der Waals surface area contributed by atoms with Gasteiger partial charge in [0, 0.05) is 22.8 Å². The fraction of sp³-hybridized carbons (Fsp3) is 0.273. The first-order valence-electron chi connectivity index (χ1n) is 9.60. The van der Waals surface area contributed by atoms with Gasteiger partial charge >= 0.3 is 0 Å². The summed E-state index contributed by atoms with van der Waals surface area (Å²) >= 11 is 3.48. The fourth-order valence-corrected chi connectivity index (χ4v) is 3.93. The third kappa shape index (κ3) is 3.87. The monoisotopic (exact) mass is 468 g/mol. The van der Waals surface area contributed by atoms with E-state index in [1.807, 2.05) is 50.0 Å². The Morgan fingerprint density at radius 1 is 1.27 bits per heavy atom. The van der Waals surface area contributed by atoms with Crippen LogP contribution in [0.2, 0.25) is 0 Å². The molecule has 2 aromatic heterocycles. The van der Waals surface area contributed by atoms with E-state index in [1.54, 1.807) is 19.2 Å². The van der Waals surface area contributed by atoms with Crippen molar-refractivity contribution in [2.45, 2.75) is 13.3 Å². The molecule has 3 heterocycles. The van der Waals surface area contributed by atoms with Crippen molar-refractivity contribution in [3.8, 4) is 0 Å². The van der Waals surface area contributed by atoms with Crippen LogP contribution >= 0.6 is 15.9 Å². The first kappa shape index (κ1) is 20.3. The number of carbonyl (C=O) groups is 1. The molecule has 3 aromatic rings. The predicted octanol–water partition coefficient (Wildman–Crippen LogP) is 3.77. The molecule has 0 aliphatic carbocycles.